The second-order valence-electron chi connectivity index (χ2n) is 5.52. The maximum atomic E-state index is 8.07. The van der Waals surface area contributed by atoms with Crippen LogP contribution >= 0.6 is 0 Å². The van der Waals surface area contributed by atoms with E-state index in [1.165, 1.54) is 11.1 Å². The van der Waals surface area contributed by atoms with Crippen molar-refractivity contribution in [2.45, 2.75) is 48.5 Å². The van der Waals surface area contributed by atoms with Gasteiger partial charge in [0, 0.05) is 11.0 Å². The van der Waals surface area contributed by atoms with Crippen molar-refractivity contribution in [3.05, 3.63) is 71.9 Å². The molecule has 1 heteroatoms. The molecular formula is C21H31N. The van der Waals surface area contributed by atoms with Crippen LogP contribution in [0.3, 0.4) is 0 Å². The van der Waals surface area contributed by atoms with Crippen molar-refractivity contribution < 1.29 is 0 Å². The fourth-order valence-electron chi connectivity index (χ4n) is 1.89. The molecule has 0 aromatic carbocycles. The SMILES string of the molecule is C=C(C#N)/C=C\C.C=C(C)/C=C1\C(=C)C=C(C)C1(C)C.CC. The van der Waals surface area contributed by atoms with Crippen LogP contribution in [0.4, 0.5) is 0 Å². The first kappa shape index (κ1) is 22.2. The van der Waals surface area contributed by atoms with E-state index in [-0.39, 0.29) is 5.41 Å². The van der Waals surface area contributed by atoms with Crippen LogP contribution in [0.25, 0.3) is 0 Å². The Kier molecular flexibility index (Phi) is 10.7. The summed E-state index contributed by atoms with van der Waals surface area (Å²) in [5.41, 5.74) is 5.54. The molecule has 1 aliphatic carbocycles. The van der Waals surface area contributed by atoms with Crippen molar-refractivity contribution in [1.29, 1.82) is 5.26 Å². The Labute approximate surface area is 137 Å². The molecule has 0 aliphatic heterocycles. The van der Waals surface area contributed by atoms with Crippen molar-refractivity contribution >= 4 is 0 Å². The molecule has 0 N–H and O–H groups in total. The lowest BCUT2D eigenvalue weighted by molar-refractivity contribution is 0.565. The Balaban J connectivity index is 0. The first-order valence-electron chi connectivity index (χ1n) is 7.64. The monoisotopic (exact) mass is 297 g/mol. The Bertz CT molecular complexity index is 543. The average Bonchev–Trinajstić information content (AvgIpc) is 2.64. The van der Waals surface area contributed by atoms with E-state index in [4.69, 9.17) is 5.26 Å². The summed E-state index contributed by atoms with van der Waals surface area (Å²) in [6, 6.07) is 1.88. The summed E-state index contributed by atoms with van der Waals surface area (Å²) >= 11 is 0. The van der Waals surface area contributed by atoms with E-state index in [0.717, 1.165) is 11.1 Å². The zero-order valence-electron chi connectivity index (χ0n) is 15.4. The van der Waals surface area contributed by atoms with Crippen molar-refractivity contribution in [2.24, 2.45) is 5.41 Å². The van der Waals surface area contributed by atoms with Gasteiger partial charge in [-0.15, -0.1) is 0 Å². The summed E-state index contributed by atoms with van der Waals surface area (Å²) in [6.45, 7) is 25.8. The van der Waals surface area contributed by atoms with Gasteiger partial charge in [-0.1, -0.05) is 76.8 Å². The molecule has 0 radical (unpaired) electrons. The van der Waals surface area contributed by atoms with Gasteiger partial charge in [0.1, 0.15) is 0 Å². The molecule has 0 atom stereocenters. The first-order valence-corrected chi connectivity index (χ1v) is 7.64. The van der Waals surface area contributed by atoms with Gasteiger partial charge in [-0.2, -0.15) is 5.26 Å². The fourth-order valence-corrected chi connectivity index (χ4v) is 1.89. The lowest BCUT2D eigenvalue weighted by Gasteiger charge is -2.23. The zero-order chi connectivity index (χ0) is 17.9. The molecule has 120 valence electrons. The Hall–Kier alpha value is -2.07. The number of nitriles is 1. The van der Waals surface area contributed by atoms with Crippen LogP contribution in [0, 0.1) is 16.7 Å². The highest BCUT2D eigenvalue weighted by atomic mass is 14.3. The second kappa shape index (κ2) is 10.6. The Morgan fingerprint density at radius 1 is 1.27 bits per heavy atom. The van der Waals surface area contributed by atoms with Crippen LogP contribution in [-0.2, 0) is 0 Å². The van der Waals surface area contributed by atoms with Crippen LogP contribution < -0.4 is 0 Å². The molecule has 0 bridgehead atoms. The number of hydrogen-bond acceptors (Lipinski definition) is 1. The van der Waals surface area contributed by atoms with E-state index < -0.39 is 0 Å². The van der Waals surface area contributed by atoms with Gasteiger partial charge in [0.2, 0.25) is 0 Å². The lowest BCUT2D eigenvalue weighted by atomic mass is 9.81. The van der Waals surface area contributed by atoms with Crippen LogP contribution in [-0.4, -0.2) is 0 Å². The van der Waals surface area contributed by atoms with Crippen molar-refractivity contribution in [3.8, 4) is 6.07 Å². The molecule has 1 aliphatic rings. The molecule has 0 unspecified atom stereocenters. The molecule has 22 heavy (non-hydrogen) atoms. The van der Waals surface area contributed by atoms with Gasteiger partial charge in [-0.3, -0.25) is 0 Å². The van der Waals surface area contributed by atoms with E-state index in [1.807, 2.05) is 33.8 Å². The minimum absolute atomic E-state index is 0.135. The third-order valence-electron chi connectivity index (χ3n) is 3.30. The summed E-state index contributed by atoms with van der Waals surface area (Å²) in [5.74, 6) is 0. The highest BCUT2D eigenvalue weighted by Gasteiger charge is 2.31. The normalized spacial score (nSPS) is 16.9. The fraction of sp³-hybridized carbons (Fsp3) is 0.381. The van der Waals surface area contributed by atoms with Gasteiger partial charge in [-0.05, 0) is 38.0 Å². The molecule has 1 nitrogen and oxygen atoms in total. The zero-order valence-corrected chi connectivity index (χ0v) is 15.4. The van der Waals surface area contributed by atoms with Gasteiger partial charge in [0.25, 0.3) is 0 Å². The standard InChI is InChI=1S/C13H18.C6H7N.C2H6/c1-9(2)7-12-10(3)8-11(4)13(12,5)6;1-3-4-6(2)5-7;1-2/h7-8H,1,3H2,2,4-6H3;3-4H,2H2,1H3;1-2H3/b12-7+;4-3-;. The minimum atomic E-state index is 0.135. The van der Waals surface area contributed by atoms with Gasteiger partial charge in [0.05, 0.1) is 6.07 Å². The van der Waals surface area contributed by atoms with Gasteiger partial charge < -0.3 is 0 Å². The van der Waals surface area contributed by atoms with Crippen LogP contribution in [0.15, 0.2) is 71.9 Å². The molecule has 1 rings (SSSR count). The van der Waals surface area contributed by atoms with Crippen LogP contribution in [0.5, 0.6) is 0 Å². The molecule has 0 spiro atoms. The smallest absolute Gasteiger partial charge is 0.0985 e. The summed E-state index contributed by atoms with van der Waals surface area (Å²) < 4.78 is 0. The topological polar surface area (TPSA) is 23.8 Å². The van der Waals surface area contributed by atoms with E-state index in [9.17, 15) is 0 Å². The molecule has 0 fully saturated rings. The molecular weight excluding hydrogens is 266 g/mol. The third-order valence-corrected chi connectivity index (χ3v) is 3.30. The lowest BCUT2D eigenvalue weighted by Crippen LogP contribution is -2.11. The van der Waals surface area contributed by atoms with E-state index in [2.05, 4.69) is 52.7 Å². The Morgan fingerprint density at radius 2 is 1.77 bits per heavy atom. The van der Waals surface area contributed by atoms with Crippen molar-refractivity contribution in [1.82, 2.24) is 0 Å². The highest BCUT2D eigenvalue weighted by Crippen LogP contribution is 2.45. The van der Waals surface area contributed by atoms with E-state index in [1.54, 1.807) is 12.2 Å². The molecule has 0 heterocycles. The van der Waals surface area contributed by atoms with Gasteiger partial charge in [0.15, 0.2) is 0 Å². The number of hydrogen-bond donors (Lipinski definition) is 0. The minimum Gasteiger partial charge on any atom is -0.192 e. The summed E-state index contributed by atoms with van der Waals surface area (Å²) in [5, 5.41) is 8.07. The van der Waals surface area contributed by atoms with Crippen molar-refractivity contribution in [2.75, 3.05) is 0 Å². The van der Waals surface area contributed by atoms with Gasteiger partial charge >= 0.3 is 0 Å². The Morgan fingerprint density at radius 3 is 2.00 bits per heavy atom. The molecule has 0 aromatic rings. The quantitative estimate of drug-likeness (QED) is 0.411. The molecule has 0 saturated carbocycles. The number of rotatable bonds is 2. The maximum Gasteiger partial charge on any atom is 0.0985 e. The molecule has 0 amide bonds. The van der Waals surface area contributed by atoms with Crippen LogP contribution in [0.1, 0.15) is 48.5 Å². The highest BCUT2D eigenvalue weighted by molar-refractivity contribution is 5.55. The first-order chi connectivity index (χ1) is 10.2. The molecule has 0 saturated heterocycles. The third kappa shape index (κ3) is 7.09. The largest absolute Gasteiger partial charge is 0.192 e. The summed E-state index contributed by atoms with van der Waals surface area (Å²) in [4.78, 5) is 0. The number of nitrogens with zero attached hydrogens (tertiary/aromatic N) is 1. The molecule has 0 aromatic heterocycles. The average molecular weight is 297 g/mol. The van der Waals surface area contributed by atoms with Crippen LogP contribution in [0.2, 0.25) is 0 Å². The second-order valence-corrected chi connectivity index (χ2v) is 5.52. The summed E-state index contributed by atoms with van der Waals surface area (Å²) in [6.07, 6.45) is 7.75. The predicted molar refractivity (Wildman–Crippen MR) is 100 cm³/mol. The van der Waals surface area contributed by atoms with Crippen molar-refractivity contribution in [3.63, 3.8) is 0 Å². The van der Waals surface area contributed by atoms with E-state index in [0.29, 0.717) is 5.57 Å². The number of allylic oxidation sites excluding steroid dienone is 9. The van der Waals surface area contributed by atoms with E-state index >= 15 is 0 Å². The summed E-state index contributed by atoms with van der Waals surface area (Å²) in [7, 11) is 0. The predicted octanol–water partition coefficient (Wildman–Crippen LogP) is 6.70. The maximum absolute atomic E-state index is 8.07. The van der Waals surface area contributed by atoms with Gasteiger partial charge in [-0.25, -0.2) is 0 Å².